The van der Waals surface area contributed by atoms with E-state index in [0.29, 0.717) is 6.54 Å². The van der Waals surface area contributed by atoms with Crippen LogP contribution in [0.4, 0.5) is 4.39 Å². The zero-order chi connectivity index (χ0) is 15.9. The average Bonchev–Trinajstić information content (AvgIpc) is 2.77. The third-order valence-electron chi connectivity index (χ3n) is 4.02. The van der Waals surface area contributed by atoms with Gasteiger partial charge in [0.15, 0.2) is 0 Å². The molecule has 1 aromatic rings. The van der Waals surface area contributed by atoms with Gasteiger partial charge < -0.3 is 9.80 Å². The van der Waals surface area contributed by atoms with Gasteiger partial charge in [0.25, 0.3) is 0 Å². The zero-order valence-electron chi connectivity index (χ0n) is 13.1. The van der Waals surface area contributed by atoms with E-state index in [1.807, 2.05) is 4.90 Å². The number of rotatable bonds is 4. The lowest BCUT2D eigenvalue weighted by Crippen LogP contribution is -2.42. The quantitative estimate of drug-likeness (QED) is 0.858. The van der Waals surface area contributed by atoms with Gasteiger partial charge in [0.1, 0.15) is 12.4 Å². The Kier molecular flexibility index (Phi) is 5.92. The molecule has 0 aliphatic carbocycles. The molecule has 1 fully saturated rings. The van der Waals surface area contributed by atoms with Gasteiger partial charge in [-0.05, 0) is 30.5 Å². The molecular formula is C17H23FN2O2. The molecule has 0 bridgehead atoms. The van der Waals surface area contributed by atoms with E-state index < -0.39 is 0 Å². The fourth-order valence-corrected chi connectivity index (χ4v) is 2.67. The molecule has 0 N–H and O–H groups in total. The highest BCUT2D eigenvalue weighted by atomic mass is 19.1. The van der Waals surface area contributed by atoms with E-state index in [0.717, 1.165) is 44.3 Å². The summed E-state index contributed by atoms with van der Waals surface area (Å²) >= 11 is 0. The summed E-state index contributed by atoms with van der Waals surface area (Å²) < 4.78 is 12.9. The number of benzene rings is 1. The highest BCUT2D eigenvalue weighted by Gasteiger charge is 2.20. The first-order valence-corrected chi connectivity index (χ1v) is 7.84. The Morgan fingerprint density at radius 2 is 1.68 bits per heavy atom. The Bertz CT molecular complexity index is 508. The number of halogens is 1. The van der Waals surface area contributed by atoms with Crippen LogP contribution in [0.25, 0.3) is 0 Å². The molecule has 0 spiro atoms. The summed E-state index contributed by atoms with van der Waals surface area (Å²) in [4.78, 5) is 27.5. The third-order valence-corrected chi connectivity index (χ3v) is 4.02. The van der Waals surface area contributed by atoms with E-state index in [9.17, 15) is 14.0 Å². The van der Waals surface area contributed by atoms with E-state index >= 15 is 0 Å². The van der Waals surface area contributed by atoms with Crippen molar-refractivity contribution in [2.45, 2.75) is 39.2 Å². The van der Waals surface area contributed by atoms with Crippen molar-refractivity contribution in [3.05, 3.63) is 35.6 Å². The maximum atomic E-state index is 12.9. The second-order valence-corrected chi connectivity index (χ2v) is 5.80. The number of hydrogen-bond acceptors (Lipinski definition) is 2. The molecule has 0 unspecified atom stereocenters. The first-order valence-electron chi connectivity index (χ1n) is 7.84. The van der Waals surface area contributed by atoms with Crippen LogP contribution in [0.5, 0.6) is 0 Å². The molecule has 5 heteroatoms. The van der Waals surface area contributed by atoms with Gasteiger partial charge in [-0.15, -0.1) is 0 Å². The van der Waals surface area contributed by atoms with Crippen molar-refractivity contribution in [2.24, 2.45) is 0 Å². The third kappa shape index (κ3) is 4.83. The summed E-state index contributed by atoms with van der Waals surface area (Å²) in [5.74, 6) is -0.453. The van der Waals surface area contributed by atoms with E-state index in [2.05, 4.69) is 0 Å². The van der Waals surface area contributed by atoms with Crippen molar-refractivity contribution in [1.82, 2.24) is 9.80 Å². The highest BCUT2D eigenvalue weighted by molar-refractivity contribution is 5.83. The maximum Gasteiger partial charge on any atom is 0.242 e. The van der Waals surface area contributed by atoms with E-state index in [-0.39, 0.29) is 24.2 Å². The number of carbonyl (C=O) groups excluding carboxylic acids is 2. The highest BCUT2D eigenvalue weighted by Crippen LogP contribution is 2.12. The van der Waals surface area contributed by atoms with E-state index in [4.69, 9.17) is 0 Å². The number of carbonyl (C=O) groups is 2. The minimum absolute atomic E-state index is 0.000730. The van der Waals surface area contributed by atoms with Gasteiger partial charge in [-0.1, -0.05) is 25.0 Å². The summed E-state index contributed by atoms with van der Waals surface area (Å²) in [7, 11) is 0. The summed E-state index contributed by atoms with van der Waals surface area (Å²) in [6, 6.07) is 6.01. The number of likely N-dealkylation sites (tertiary alicyclic amines) is 1. The Labute approximate surface area is 130 Å². The zero-order valence-corrected chi connectivity index (χ0v) is 13.1. The Balaban J connectivity index is 1.97. The van der Waals surface area contributed by atoms with Crippen molar-refractivity contribution in [2.75, 3.05) is 19.6 Å². The predicted molar refractivity (Wildman–Crippen MR) is 82.5 cm³/mol. The van der Waals surface area contributed by atoms with Crippen LogP contribution in [0.2, 0.25) is 0 Å². The Hall–Kier alpha value is -1.91. The maximum absolute atomic E-state index is 12.9. The monoisotopic (exact) mass is 306 g/mol. The molecule has 4 nitrogen and oxygen atoms in total. The minimum atomic E-state index is -0.307. The minimum Gasteiger partial charge on any atom is -0.341 e. The van der Waals surface area contributed by atoms with Crippen LogP contribution >= 0.6 is 0 Å². The fraction of sp³-hybridized carbons (Fsp3) is 0.529. The molecule has 1 saturated heterocycles. The molecule has 1 aromatic carbocycles. The van der Waals surface area contributed by atoms with Crippen LogP contribution in [0, 0.1) is 5.82 Å². The van der Waals surface area contributed by atoms with E-state index in [1.165, 1.54) is 24.0 Å². The van der Waals surface area contributed by atoms with Gasteiger partial charge in [-0.25, -0.2) is 4.39 Å². The normalized spacial score (nSPS) is 15.3. The van der Waals surface area contributed by atoms with E-state index in [1.54, 1.807) is 12.1 Å². The van der Waals surface area contributed by atoms with Crippen molar-refractivity contribution in [3.63, 3.8) is 0 Å². The smallest absolute Gasteiger partial charge is 0.242 e. The first-order chi connectivity index (χ1) is 10.6. The van der Waals surface area contributed by atoms with Crippen molar-refractivity contribution >= 4 is 11.8 Å². The molecule has 22 heavy (non-hydrogen) atoms. The molecular weight excluding hydrogens is 283 g/mol. The number of nitrogens with zero attached hydrogens (tertiary/aromatic N) is 2. The van der Waals surface area contributed by atoms with Crippen LogP contribution in [0.1, 0.15) is 38.2 Å². The van der Waals surface area contributed by atoms with Gasteiger partial charge in [-0.3, -0.25) is 9.59 Å². The molecule has 0 saturated carbocycles. The summed E-state index contributed by atoms with van der Waals surface area (Å²) in [6.07, 6.45) is 4.39. The van der Waals surface area contributed by atoms with Crippen molar-refractivity contribution in [1.29, 1.82) is 0 Å². The van der Waals surface area contributed by atoms with Gasteiger partial charge in [0, 0.05) is 26.6 Å². The number of amides is 2. The van der Waals surface area contributed by atoms with Gasteiger partial charge in [0.05, 0.1) is 0 Å². The SMILES string of the molecule is CC(=O)N(CC(=O)N1CCCCCC1)Cc1ccc(F)cc1. The topological polar surface area (TPSA) is 40.6 Å². The molecule has 1 aliphatic heterocycles. The summed E-state index contributed by atoms with van der Waals surface area (Å²) in [5, 5.41) is 0. The number of hydrogen-bond donors (Lipinski definition) is 0. The molecule has 0 aromatic heterocycles. The largest absolute Gasteiger partial charge is 0.341 e. The van der Waals surface area contributed by atoms with Crippen LogP contribution in [0.15, 0.2) is 24.3 Å². The van der Waals surface area contributed by atoms with Gasteiger partial charge in [-0.2, -0.15) is 0 Å². The molecule has 1 aliphatic rings. The first kappa shape index (κ1) is 16.5. The Morgan fingerprint density at radius 3 is 2.23 bits per heavy atom. The average molecular weight is 306 g/mol. The predicted octanol–water partition coefficient (Wildman–Crippen LogP) is 2.58. The van der Waals surface area contributed by atoms with Crippen LogP contribution in [-0.2, 0) is 16.1 Å². The molecule has 120 valence electrons. The standard InChI is InChI=1S/C17H23FN2O2/c1-14(21)20(12-15-6-8-16(18)9-7-15)13-17(22)19-10-4-2-3-5-11-19/h6-9H,2-5,10-13H2,1H3. The second-order valence-electron chi connectivity index (χ2n) is 5.80. The molecule has 2 rings (SSSR count). The van der Waals surface area contributed by atoms with Gasteiger partial charge in [0.2, 0.25) is 11.8 Å². The van der Waals surface area contributed by atoms with Gasteiger partial charge >= 0.3 is 0 Å². The van der Waals surface area contributed by atoms with Crippen molar-refractivity contribution in [3.8, 4) is 0 Å². The lowest BCUT2D eigenvalue weighted by molar-refractivity contribution is -0.139. The lowest BCUT2D eigenvalue weighted by Gasteiger charge is -2.26. The van der Waals surface area contributed by atoms with Crippen LogP contribution in [0.3, 0.4) is 0 Å². The second kappa shape index (κ2) is 7.92. The summed E-state index contributed by atoms with van der Waals surface area (Å²) in [5.41, 5.74) is 0.820. The molecule has 0 atom stereocenters. The van der Waals surface area contributed by atoms with Crippen molar-refractivity contribution < 1.29 is 14.0 Å². The summed E-state index contributed by atoms with van der Waals surface area (Å²) in [6.45, 7) is 3.43. The fourth-order valence-electron chi connectivity index (χ4n) is 2.67. The molecule has 2 amide bonds. The molecule has 1 heterocycles. The Morgan fingerprint density at radius 1 is 1.09 bits per heavy atom. The van der Waals surface area contributed by atoms with Crippen LogP contribution in [-0.4, -0.2) is 41.2 Å². The van der Waals surface area contributed by atoms with Crippen LogP contribution < -0.4 is 0 Å². The molecule has 0 radical (unpaired) electrons. The lowest BCUT2D eigenvalue weighted by atomic mass is 10.2.